The lowest BCUT2D eigenvalue weighted by Crippen LogP contribution is -2.24. The number of hydrogen-bond donors (Lipinski definition) is 1. The standard InChI is InChI=1S/C11H19N3O2/c1-15-9(7-12)6-10-13-11(14-16-10)8-4-2-3-5-8/h8-9H,2-7,12H2,1H3. The minimum atomic E-state index is -0.0307. The molecule has 1 saturated carbocycles. The van der Waals surface area contributed by atoms with Gasteiger partial charge in [-0.05, 0) is 12.8 Å². The summed E-state index contributed by atoms with van der Waals surface area (Å²) in [6.07, 6.45) is 5.49. The van der Waals surface area contributed by atoms with Crippen molar-refractivity contribution < 1.29 is 9.26 Å². The van der Waals surface area contributed by atoms with Gasteiger partial charge in [0.1, 0.15) is 0 Å². The first kappa shape index (κ1) is 11.5. The third-order valence-corrected chi connectivity index (χ3v) is 3.20. The molecule has 0 aromatic carbocycles. The van der Waals surface area contributed by atoms with Crippen LogP contribution in [0.2, 0.25) is 0 Å². The third-order valence-electron chi connectivity index (χ3n) is 3.20. The van der Waals surface area contributed by atoms with Crippen LogP contribution in [-0.4, -0.2) is 29.9 Å². The number of aromatic nitrogens is 2. The number of methoxy groups -OCH3 is 1. The molecule has 0 spiro atoms. The van der Waals surface area contributed by atoms with Crippen LogP contribution < -0.4 is 5.73 Å². The fourth-order valence-electron chi connectivity index (χ4n) is 2.16. The Balaban J connectivity index is 1.96. The van der Waals surface area contributed by atoms with Crippen LogP contribution in [0.4, 0.5) is 0 Å². The van der Waals surface area contributed by atoms with Crippen molar-refractivity contribution in [3.8, 4) is 0 Å². The first-order valence-corrected chi connectivity index (χ1v) is 5.88. The van der Waals surface area contributed by atoms with Crippen molar-refractivity contribution in [3.63, 3.8) is 0 Å². The van der Waals surface area contributed by atoms with E-state index < -0.39 is 0 Å². The number of ether oxygens (including phenoxy) is 1. The average Bonchev–Trinajstić information content (AvgIpc) is 2.96. The molecule has 1 aliphatic carbocycles. The van der Waals surface area contributed by atoms with E-state index in [0.717, 1.165) is 5.82 Å². The predicted molar refractivity (Wildman–Crippen MR) is 59.1 cm³/mol. The Morgan fingerprint density at radius 1 is 1.50 bits per heavy atom. The van der Waals surface area contributed by atoms with Crippen molar-refractivity contribution in [3.05, 3.63) is 11.7 Å². The molecule has 1 unspecified atom stereocenters. The third kappa shape index (κ3) is 2.59. The molecule has 2 rings (SSSR count). The summed E-state index contributed by atoms with van der Waals surface area (Å²) >= 11 is 0. The van der Waals surface area contributed by atoms with E-state index in [9.17, 15) is 0 Å². The summed E-state index contributed by atoms with van der Waals surface area (Å²) in [5, 5.41) is 4.04. The molecule has 0 saturated heterocycles. The molecule has 1 aromatic heterocycles. The van der Waals surface area contributed by atoms with E-state index in [1.807, 2.05) is 0 Å². The zero-order chi connectivity index (χ0) is 11.4. The lowest BCUT2D eigenvalue weighted by Gasteiger charge is -2.08. The van der Waals surface area contributed by atoms with Crippen LogP contribution >= 0.6 is 0 Å². The van der Waals surface area contributed by atoms with Gasteiger partial charge in [-0.15, -0.1) is 0 Å². The Morgan fingerprint density at radius 2 is 2.25 bits per heavy atom. The monoisotopic (exact) mass is 225 g/mol. The van der Waals surface area contributed by atoms with Crippen LogP contribution in [0.1, 0.15) is 43.3 Å². The van der Waals surface area contributed by atoms with E-state index >= 15 is 0 Å². The second-order valence-electron chi connectivity index (χ2n) is 4.33. The van der Waals surface area contributed by atoms with Crippen molar-refractivity contribution in [2.24, 2.45) is 5.73 Å². The van der Waals surface area contributed by atoms with Gasteiger partial charge < -0.3 is 15.0 Å². The highest BCUT2D eigenvalue weighted by Gasteiger charge is 2.22. The van der Waals surface area contributed by atoms with Gasteiger partial charge in [0, 0.05) is 19.6 Å². The first-order chi connectivity index (χ1) is 7.83. The van der Waals surface area contributed by atoms with E-state index in [0.29, 0.717) is 24.8 Å². The van der Waals surface area contributed by atoms with Crippen LogP contribution in [0.3, 0.4) is 0 Å². The summed E-state index contributed by atoms with van der Waals surface area (Å²) in [5.41, 5.74) is 5.55. The Kier molecular flexibility index (Phi) is 3.90. The molecule has 5 heteroatoms. The molecule has 1 aliphatic rings. The van der Waals surface area contributed by atoms with E-state index in [-0.39, 0.29) is 6.10 Å². The number of nitrogens with zero attached hydrogens (tertiary/aromatic N) is 2. The average molecular weight is 225 g/mol. The molecular formula is C11H19N3O2. The Hall–Kier alpha value is -0.940. The number of hydrogen-bond acceptors (Lipinski definition) is 5. The lowest BCUT2D eigenvalue weighted by molar-refractivity contribution is 0.102. The summed E-state index contributed by atoms with van der Waals surface area (Å²) in [6.45, 7) is 0.470. The molecule has 1 aromatic rings. The smallest absolute Gasteiger partial charge is 0.229 e. The summed E-state index contributed by atoms with van der Waals surface area (Å²) < 4.78 is 10.4. The number of nitrogens with two attached hydrogens (primary N) is 1. The van der Waals surface area contributed by atoms with Gasteiger partial charge in [0.25, 0.3) is 0 Å². The molecule has 1 atom stereocenters. The maximum atomic E-state index is 5.55. The van der Waals surface area contributed by atoms with Crippen LogP contribution in [0.15, 0.2) is 4.52 Å². The largest absolute Gasteiger partial charge is 0.380 e. The quantitative estimate of drug-likeness (QED) is 0.816. The fourth-order valence-corrected chi connectivity index (χ4v) is 2.16. The summed E-state index contributed by atoms with van der Waals surface area (Å²) in [7, 11) is 1.64. The van der Waals surface area contributed by atoms with E-state index in [4.69, 9.17) is 15.0 Å². The molecule has 2 N–H and O–H groups in total. The highest BCUT2D eigenvalue weighted by Crippen LogP contribution is 2.32. The second kappa shape index (κ2) is 5.41. The lowest BCUT2D eigenvalue weighted by atomic mass is 10.1. The predicted octanol–water partition coefficient (Wildman–Crippen LogP) is 1.24. The van der Waals surface area contributed by atoms with Gasteiger partial charge in [-0.3, -0.25) is 0 Å². The molecule has 1 heterocycles. The summed E-state index contributed by atoms with van der Waals surface area (Å²) in [6, 6.07) is 0. The molecule has 5 nitrogen and oxygen atoms in total. The van der Waals surface area contributed by atoms with Crippen molar-refractivity contribution in [1.82, 2.24) is 10.1 Å². The van der Waals surface area contributed by atoms with Gasteiger partial charge in [-0.2, -0.15) is 4.98 Å². The summed E-state index contributed by atoms with van der Waals surface area (Å²) in [5.74, 6) is 2.00. The Bertz CT molecular complexity index is 317. The minimum absolute atomic E-state index is 0.0307. The van der Waals surface area contributed by atoms with Gasteiger partial charge in [0.05, 0.1) is 12.5 Å². The van der Waals surface area contributed by atoms with Crippen molar-refractivity contribution >= 4 is 0 Å². The zero-order valence-corrected chi connectivity index (χ0v) is 9.69. The normalized spacial score (nSPS) is 19.1. The molecule has 0 radical (unpaired) electrons. The highest BCUT2D eigenvalue weighted by molar-refractivity contribution is 4.98. The SMILES string of the molecule is COC(CN)Cc1nc(C2CCCC2)no1. The minimum Gasteiger partial charge on any atom is -0.380 e. The highest BCUT2D eigenvalue weighted by atomic mass is 16.5. The van der Waals surface area contributed by atoms with E-state index in [1.54, 1.807) is 7.11 Å². The van der Waals surface area contributed by atoms with Gasteiger partial charge in [-0.25, -0.2) is 0 Å². The molecule has 1 fully saturated rings. The van der Waals surface area contributed by atoms with Gasteiger partial charge in [-0.1, -0.05) is 18.0 Å². The number of rotatable bonds is 5. The molecule has 90 valence electrons. The van der Waals surface area contributed by atoms with E-state index in [2.05, 4.69) is 10.1 Å². The van der Waals surface area contributed by atoms with Crippen LogP contribution in [0, 0.1) is 0 Å². The van der Waals surface area contributed by atoms with Gasteiger partial charge >= 0.3 is 0 Å². The van der Waals surface area contributed by atoms with Gasteiger partial charge in [0.2, 0.25) is 5.89 Å². The Labute approximate surface area is 95.3 Å². The maximum absolute atomic E-state index is 5.55. The molecule has 0 aliphatic heterocycles. The van der Waals surface area contributed by atoms with Crippen LogP contribution in [-0.2, 0) is 11.2 Å². The molecule has 16 heavy (non-hydrogen) atoms. The fraction of sp³-hybridized carbons (Fsp3) is 0.818. The van der Waals surface area contributed by atoms with Crippen molar-refractivity contribution in [2.45, 2.75) is 44.1 Å². The molecule has 0 bridgehead atoms. The molecule has 0 amide bonds. The van der Waals surface area contributed by atoms with E-state index in [1.165, 1.54) is 25.7 Å². The van der Waals surface area contributed by atoms with Gasteiger partial charge in [0.15, 0.2) is 5.82 Å². The topological polar surface area (TPSA) is 74.2 Å². The Morgan fingerprint density at radius 3 is 2.88 bits per heavy atom. The van der Waals surface area contributed by atoms with Crippen LogP contribution in [0.5, 0.6) is 0 Å². The first-order valence-electron chi connectivity index (χ1n) is 5.88. The summed E-state index contributed by atoms with van der Waals surface area (Å²) in [4.78, 5) is 4.41. The molecular weight excluding hydrogens is 206 g/mol. The van der Waals surface area contributed by atoms with Crippen LogP contribution in [0.25, 0.3) is 0 Å². The zero-order valence-electron chi connectivity index (χ0n) is 9.69. The van der Waals surface area contributed by atoms with Crippen molar-refractivity contribution in [2.75, 3.05) is 13.7 Å². The second-order valence-corrected chi connectivity index (χ2v) is 4.33. The maximum Gasteiger partial charge on any atom is 0.229 e. The van der Waals surface area contributed by atoms with Crippen molar-refractivity contribution in [1.29, 1.82) is 0 Å².